The van der Waals surface area contributed by atoms with Crippen LogP contribution in [0.2, 0.25) is 0 Å². The average Bonchev–Trinajstić information content (AvgIpc) is 3.21. The van der Waals surface area contributed by atoms with Crippen LogP contribution in [-0.2, 0) is 17.9 Å². The molecule has 158 valence electrons. The van der Waals surface area contributed by atoms with Crippen molar-refractivity contribution in [3.63, 3.8) is 0 Å². The minimum atomic E-state index is 0.191. The highest BCUT2D eigenvalue weighted by Crippen LogP contribution is 2.26. The molecule has 1 aromatic heterocycles. The third-order valence-corrected chi connectivity index (χ3v) is 5.70. The number of methoxy groups -OCH3 is 2. The van der Waals surface area contributed by atoms with Crippen molar-refractivity contribution < 1.29 is 14.3 Å². The van der Waals surface area contributed by atoms with Gasteiger partial charge in [-0.25, -0.2) is 0 Å². The van der Waals surface area contributed by atoms with Crippen LogP contribution in [0.1, 0.15) is 12.0 Å². The van der Waals surface area contributed by atoms with Gasteiger partial charge in [0, 0.05) is 56.2 Å². The lowest BCUT2D eigenvalue weighted by atomic mass is 10.1. The van der Waals surface area contributed by atoms with Crippen LogP contribution >= 0.6 is 0 Å². The number of aromatic nitrogens is 2. The predicted octanol–water partition coefficient (Wildman–Crippen LogP) is 2.79. The van der Waals surface area contributed by atoms with Gasteiger partial charge >= 0.3 is 0 Å². The third-order valence-electron chi connectivity index (χ3n) is 5.70. The van der Waals surface area contributed by atoms with E-state index in [1.807, 2.05) is 58.2 Å². The van der Waals surface area contributed by atoms with E-state index in [2.05, 4.69) is 10.00 Å². The number of hydrogen-bond donors (Lipinski definition) is 0. The van der Waals surface area contributed by atoms with E-state index in [-0.39, 0.29) is 5.91 Å². The van der Waals surface area contributed by atoms with Gasteiger partial charge < -0.3 is 14.4 Å². The zero-order chi connectivity index (χ0) is 20.9. The highest BCUT2D eigenvalue weighted by molar-refractivity contribution is 5.79. The first-order chi connectivity index (χ1) is 14.7. The van der Waals surface area contributed by atoms with Crippen molar-refractivity contribution in [2.24, 2.45) is 0 Å². The van der Waals surface area contributed by atoms with E-state index in [1.54, 1.807) is 14.2 Å². The second-order valence-electron chi connectivity index (χ2n) is 7.51. The average molecular weight is 409 g/mol. The maximum Gasteiger partial charge on any atom is 0.224 e. The van der Waals surface area contributed by atoms with Crippen molar-refractivity contribution in [3.05, 3.63) is 54.2 Å². The lowest BCUT2D eigenvalue weighted by molar-refractivity contribution is -0.133. The number of nitrogens with zero attached hydrogens (tertiary/aromatic N) is 4. The Morgan fingerprint density at radius 1 is 1.03 bits per heavy atom. The van der Waals surface area contributed by atoms with Gasteiger partial charge in [-0.2, -0.15) is 5.10 Å². The first-order valence-electron chi connectivity index (χ1n) is 10.3. The Labute approximate surface area is 176 Å². The van der Waals surface area contributed by atoms with Gasteiger partial charge in [0.1, 0.15) is 11.5 Å². The number of amides is 1. The highest BCUT2D eigenvalue weighted by Gasteiger charge is 2.22. The van der Waals surface area contributed by atoms with E-state index in [1.165, 1.54) is 0 Å². The largest absolute Gasteiger partial charge is 0.497 e. The molecule has 30 heavy (non-hydrogen) atoms. The number of carbonyl (C=O) groups is 1. The molecule has 0 saturated carbocycles. The van der Waals surface area contributed by atoms with Crippen molar-refractivity contribution in [3.8, 4) is 11.5 Å². The van der Waals surface area contributed by atoms with Crippen molar-refractivity contribution in [2.45, 2.75) is 19.5 Å². The first kappa shape index (κ1) is 20.2. The zero-order valence-corrected chi connectivity index (χ0v) is 17.6. The summed E-state index contributed by atoms with van der Waals surface area (Å²) in [7, 11) is 3.33. The van der Waals surface area contributed by atoms with E-state index >= 15 is 0 Å². The molecule has 0 aliphatic carbocycles. The Bertz CT molecular complexity index is 1010. The first-order valence-corrected chi connectivity index (χ1v) is 10.3. The van der Waals surface area contributed by atoms with Crippen LogP contribution < -0.4 is 9.47 Å². The van der Waals surface area contributed by atoms with Crippen molar-refractivity contribution in [1.82, 2.24) is 19.6 Å². The van der Waals surface area contributed by atoms with Crippen molar-refractivity contribution >= 4 is 16.8 Å². The summed E-state index contributed by atoms with van der Waals surface area (Å²) in [5.41, 5.74) is 2.20. The Balaban J connectivity index is 1.28. The SMILES string of the molecule is COc1ccc(CN2CCN(C(=O)CCn3ncc4ccccc43)CC2)c(OC)c1. The van der Waals surface area contributed by atoms with Gasteiger partial charge in [0.2, 0.25) is 5.91 Å². The number of benzene rings is 2. The van der Waals surface area contributed by atoms with Gasteiger partial charge in [-0.1, -0.05) is 24.3 Å². The quantitative estimate of drug-likeness (QED) is 0.602. The lowest BCUT2D eigenvalue weighted by Crippen LogP contribution is -2.48. The summed E-state index contributed by atoms with van der Waals surface area (Å²) in [6.07, 6.45) is 2.32. The summed E-state index contributed by atoms with van der Waals surface area (Å²) >= 11 is 0. The Morgan fingerprint density at radius 3 is 2.60 bits per heavy atom. The molecule has 1 amide bonds. The lowest BCUT2D eigenvalue weighted by Gasteiger charge is -2.35. The minimum absolute atomic E-state index is 0.191. The monoisotopic (exact) mass is 408 g/mol. The van der Waals surface area contributed by atoms with E-state index in [0.717, 1.165) is 60.7 Å². The topological polar surface area (TPSA) is 59.8 Å². The summed E-state index contributed by atoms with van der Waals surface area (Å²) in [5.74, 6) is 1.81. The molecule has 4 rings (SSSR count). The Hall–Kier alpha value is -3.06. The molecule has 0 spiro atoms. The highest BCUT2D eigenvalue weighted by atomic mass is 16.5. The van der Waals surface area contributed by atoms with Crippen LogP contribution in [0.25, 0.3) is 10.9 Å². The number of para-hydroxylation sites is 1. The fourth-order valence-electron chi connectivity index (χ4n) is 3.94. The molecule has 7 heteroatoms. The summed E-state index contributed by atoms with van der Waals surface area (Å²) < 4.78 is 12.7. The van der Waals surface area contributed by atoms with Crippen LogP contribution in [0, 0.1) is 0 Å². The third kappa shape index (κ3) is 4.41. The van der Waals surface area contributed by atoms with Gasteiger partial charge in [0.05, 0.1) is 32.5 Å². The van der Waals surface area contributed by atoms with Gasteiger partial charge in [-0.15, -0.1) is 0 Å². The molecule has 3 aromatic rings. The van der Waals surface area contributed by atoms with Crippen LogP contribution in [0.15, 0.2) is 48.7 Å². The summed E-state index contributed by atoms with van der Waals surface area (Å²) in [4.78, 5) is 17.0. The van der Waals surface area contributed by atoms with Crippen LogP contribution in [0.3, 0.4) is 0 Å². The van der Waals surface area contributed by atoms with E-state index in [0.29, 0.717) is 13.0 Å². The fourth-order valence-corrected chi connectivity index (χ4v) is 3.94. The number of ether oxygens (including phenoxy) is 2. The number of aryl methyl sites for hydroxylation is 1. The number of piperazine rings is 1. The number of hydrogen-bond acceptors (Lipinski definition) is 5. The summed E-state index contributed by atoms with van der Waals surface area (Å²) in [6.45, 7) is 4.61. The molecular weight excluding hydrogens is 380 g/mol. The standard InChI is InChI=1S/C23H28N4O3/c1-29-20-8-7-19(22(15-20)30-2)17-25-11-13-26(14-12-25)23(28)9-10-27-21-6-4-3-5-18(21)16-24-27/h3-8,15-16H,9-14,17H2,1-2H3. The molecule has 0 unspecified atom stereocenters. The predicted molar refractivity (Wildman–Crippen MR) is 116 cm³/mol. The molecular formula is C23H28N4O3. The number of rotatable bonds is 7. The summed E-state index contributed by atoms with van der Waals surface area (Å²) in [6, 6.07) is 14.0. The molecule has 1 saturated heterocycles. The maximum absolute atomic E-state index is 12.7. The minimum Gasteiger partial charge on any atom is -0.497 e. The molecule has 1 aliphatic heterocycles. The molecule has 0 N–H and O–H groups in total. The van der Waals surface area contributed by atoms with E-state index < -0.39 is 0 Å². The van der Waals surface area contributed by atoms with E-state index in [9.17, 15) is 4.79 Å². The normalized spacial score (nSPS) is 14.8. The Morgan fingerprint density at radius 2 is 1.83 bits per heavy atom. The molecule has 0 atom stereocenters. The maximum atomic E-state index is 12.7. The van der Waals surface area contributed by atoms with Gasteiger partial charge in [0.25, 0.3) is 0 Å². The smallest absolute Gasteiger partial charge is 0.224 e. The second-order valence-corrected chi connectivity index (χ2v) is 7.51. The second kappa shape index (κ2) is 9.17. The summed E-state index contributed by atoms with van der Waals surface area (Å²) in [5, 5.41) is 5.52. The molecule has 0 bridgehead atoms. The number of carbonyl (C=O) groups excluding carboxylic acids is 1. The van der Waals surface area contributed by atoms with Gasteiger partial charge in [-0.3, -0.25) is 14.4 Å². The van der Waals surface area contributed by atoms with Crippen LogP contribution in [0.4, 0.5) is 0 Å². The van der Waals surface area contributed by atoms with E-state index in [4.69, 9.17) is 9.47 Å². The molecule has 0 radical (unpaired) electrons. The Kier molecular flexibility index (Phi) is 6.18. The number of fused-ring (bicyclic) bond motifs is 1. The van der Waals surface area contributed by atoms with Crippen LogP contribution in [0.5, 0.6) is 11.5 Å². The molecule has 2 aromatic carbocycles. The zero-order valence-electron chi connectivity index (χ0n) is 17.6. The molecule has 1 aliphatic rings. The van der Waals surface area contributed by atoms with Gasteiger partial charge in [0.15, 0.2) is 0 Å². The molecule has 2 heterocycles. The fraction of sp³-hybridized carbons (Fsp3) is 0.391. The van der Waals surface area contributed by atoms with Crippen molar-refractivity contribution in [1.29, 1.82) is 0 Å². The van der Waals surface area contributed by atoms with Crippen LogP contribution in [-0.4, -0.2) is 65.9 Å². The molecule has 1 fully saturated rings. The molecule has 7 nitrogen and oxygen atoms in total. The van der Waals surface area contributed by atoms with Crippen molar-refractivity contribution in [2.75, 3.05) is 40.4 Å². The van der Waals surface area contributed by atoms with Gasteiger partial charge in [-0.05, 0) is 12.1 Å².